The number of carbonyl (C=O) groups is 1. The maximum absolute atomic E-state index is 10.4. The first-order valence-corrected chi connectivity index (χ1v) is 5.38. The number of nitrogens with zero attached hydrogens (tertiary/aromatic N) is 1. The highest BCUT2D eigenvalue weighted by Gasteiger charge is 1.97. The first-order chi connectivity index (χ1) is 7.38. The highest BCUT2D eigenvalue weighted by molar-refractivity contribution is 7.07. The molecule has 76 valence electrons. The lowest BCUT2D eigenvalue weighted by Crippen LogP contribution is -1.95. The molecule has 0 aliphatic heterocycles. The fourth-order valence-electron chi connectivity index (χ4n) is 1.11. The van der Waals surface area contributed by atoms with Crippen LogP contribution in [0.25, 0.3) is 0 Å². The Morgan fingerprint density at radius 2 is 2.13 bits per heavy atom. The summed E-state index contributed by atoms with van der Waals surface area (Å²) in [7, 11) is 0. The van der Waals surface area contributed by atoms with Crippen LogP contribution >= 0.6 is 11.3 Å². The van der Waals surface area contributed by atoms with Gasteiger partial charge in [-0.25, -0.2) is 4.98 Å². The summed E-state index contributed by atoms with van der Waals surface area (Å²) in [6, 6.07) is 7.00. The molecule has 3 nitrogen and oxygen atoms in total. The number of hydrogen-bond donors (Lipinski definition) is 0. The number of rotatable bonds is 4. The molecule has 2 rings (SSSR count). The zero-order valence-corrected chi connectivity index (χ0v) is 8.74. The molecule has 15 heavy (non-hydrogen) atoms. The van der Waals surface area contributed by atoms with Gasteiger partial charge < -0.3 is 4.74 Å². The van der Waals surface area contributed by atoms with Crippen molar-refractivity contribution in [3.63, 3.8) is 0 Å². The monoisotopic (exact) mass is 219 g/mol. The fraction of sp³-hybridized carbons (Fsp3) is 0.0909. The van der Waals surface area contributed by atoms with Gasteiger partial charge in [0.25, 0.3) is 0 Å². The van der Waals surface area contributed by atoms with Gasteiger partial charge in [0.2, 0.25) is 0 Å². The van der Waals surface area contributed by atoms with Crippen molar-refractivity contribution in [2.45, 2.75) is 6.61 Å². The Kier molecular flexibility index (Phi) is 3.09. The number of hydrogen-bond acceptors (Lipinski definition) is 4. The molecule has 0 atom stereocenters. The van der Waals surface area contributed by atoms with Gasteiger partial charge in [-0.15, -0.1) is 11.3 Å². The highest BCUT2D eigenvalue weighted by atomic mass is 32.1. The van der Waals surface area contributed by atoms with Crippen molar-refractivity contribution in [3.8, 4) is 5.75 Å². The van der Waals surface area contributed by atoms with E-state index in [0.29, 0.717) is 12.2 Å². The summed E-state index contributed by atoms with van der Waals surface area (Å²) in [5.74, 6) is 0.744. The quantitative estimate of drug-likeness (QED) is 0.742. The zero-order chi connectivity index (χ0) is 10.5. The summed E-state index contributed by atoms with van der Waals surface area (Å²) < 4.78 is 5.48. The van der Waals surface area contributed by atoms with Crippen molar-refractivity contribution >= 4 is 17.6 Å². The molecule has 0 fully saturated rings. The lowest BCUT2D eigenvalue weighted by atomic mass is 10.2. The minimum Gasteiger partial charge on any atom is -0.487 e. The third kappa shape index (κ3) is 2.63. The van der Waals surface area contributed by atoms with Crippen LogP contribution < -0.4 is 4.74 Å². The van der Waals surface area contributed by atoms with Crippen molar-refractivity contribution in [2.75, 3.05) is 0 Å². The molecular weight excluding hydrogens is 210 g/mol. The van der Waals surface area contributed by atoms with Crippen molar-refractivity contribution in [2.24, 2.45) is 0 Å². The molecule has 0 spiro atoms. The van der Waals surface area contributed by atoms with Crippen LogP contribution in [-0.2, 0) is 6.61 Å². The van der Waals surface area contributed by atoms with Crippen LogP contribution in [0.3, 0.4) is 0 Å². The van der Waals surface area contributed by atoms with E-state index in [9.17, 15) is 4.79 Å². The Morgan fingerprint density at radius 1 is 1.33 bits per heavy atom. The molecule has 0 aliphatic rings. The van der Waals surface area contributed by atoms with E-state index >= 15 is 0 Å². The predicted octanol–water partition coefficient (Wildman–Crippen LogP) is 2.53. The largest absolute Gasteiger partial charge is 0.487 e. The number of ether oxygens (including phenoxy) is 1. The van der Waals surface area contributed by atoms with Crippen LogP contribution in [0, 0.1) is 0 Å². The molecule has 0 saturated carbocycles. The van der Waals surface area contributed by atoms with Crippen LogP contribution in [0.2, 0.25) is 0 Å². The minimum atomic E-state index is 0.462. The molecule has 4 heteroatoms. The average Bonchev–Trinajstić information content (AvgIpc) is 2.80. The molecule has 0 amide bonds. The Labute approximate surface area is 91.4 Å². The smallest absolute Gasteiger partial charge is 0.150 e. The lowest BCUT2D eigenvalue weighted by molar-refractivity contribution is 0.112. The van der Waals surface area contributed by atoms with Crippen LogP contribution in [-0.4, -0.2) is 11.3 Å². The number of carbonyl (C=O) groups excluding carboxylic acids is 1. The summed E-state index contributed by atoms with van der Waals surface area (Å²) in [4.78, 5) is 14.5. The van der Waals surface area contributed by atoms with E-state index in [4.69, 9.17) is 4.74 Å². The molecule has 0 N–H and O–H groups in total. The van der Waals surface area contributed by atoms with Crippen molar-refractivity contribution < 1.29 is 9.53 Å². The summed E-state index contributed by atoms with van der Waals surface area (Å²) in [5.41, 5.74) is 3.34. The number of aromatic nitrogens is 1. The van der Waals surface area contributed by atoms with Gasteiger partial charge in [-0.05, 0) is 24.3 Å². The summed E-state index contributed by atoms with van der Waals surface area (Å²) >= 11 is 1.54. The highest BCUT2D eigenvalue weighted by Crippen LogP contribution is 2.13. The van der Waals surface area contributed by atoms with Gasteiger partial charge in [-0.1, -0.05) is 0 Å². The lowest BCUT2D eigenvalue weighted by Gasteiger charge is -2.03. The van der Waals surface area contributed by atoms with E-state index in [-0.39, 0.29) is 0 Å². The first-order valence-electron chi connectivity index (χ1n) is 4.43. The molecule has 0 unspecified atom stereocenters. The second-order valence-electron chi connectivity index (χ2n) is 2.96. The Hall–Kier alpha value is -1.68. The molecule has 0 aliphatic carbocycles. The maximum Gasteiger partial charge on any atom is 0.150 e. The van der Waals surface area contributed by atoms with E-state index in [2.05, 4.69) is 4.98 Å². The second kappa shape index (κ2) is 4.70. The van der Waals surface area contributed by atoms with Gasteiger partial charge in [-0.2, -0.15) is 0 Å². The van der Waals surface area contributed by atoms with Crippen molar-refractivity contribution in [1.82, 2.24) is 4.98 Å². The van der Waals surface area contributed by atoms with Gasteiger partial charge in [0.05, 0.1) is 11.2 Å². The molecule has 0 bridgehead atoms. The number of benzene rings is 1. The van der Waals surface area contributed by atoms with Gasteiger partial charge in [0.1, 0.15) is 18.6 Å². The molecule has 1 heterocycles. The van der Waals surface area contributed by atoms with E-state index in [1.807, 2.05) is 5.38 Å². The van der Waals surface area contributed by atoms with E-state index in [1.54, 1.807) is 41.1 Å². The van der Waals surface area contributed by atoms with Gasteiger partial charge in [0.15, 0.2) is 0 Å². The Bertz CT molecular complexity index is 422. The van der Waals surface area contributed by atoms with Gasteiger partial charge >= 0.3 is 0 Å². The van der Waals surface area contributed by atoms with Crippen LogP contribution in [0.15, 0.2) is 35.2 Å². The normalized spacial score (nSPS) is 9.87. The van der Waals surface area contributed by atoms with Crippen molar-refractivity contribution in [3.05, 3.63) is 46.4 Å². The molecule has 1 aromatic carbocycles. The van der Waals surface area contributed by atoms with Gasteiger partial charge in [0, 0.05) is 10.9 Å². The van der Waals surface area contributed by atoms with E-state index in [1.165, 1.54) is 0 Å². The standard InChI is InChI=1S/C11H9NO2S/c13-5-9-1-3-11(4-2-9)14-6-10-7-15-8-12-10/h1-5,7-8H,6H2. The molecule has 0 radical (unpaired) electrons. The maximum atomic E-state index is 10.4. The average molecular weight is 219 g/mol. The Balaban J connectivity index is 1.96. The van der Waals surface area contributed by atoms with Crippen LogP contribution in [0.4, 0.5) is 0 Å². The fourth-order valence-corrected chi connectivity index (χ4v) is 1.65. The predicted molar refractivity (Wildman–Crippen MR) is 58.3 cm³/mol. The first kappa shape index (κ1) is 9.86. The molecule has 2 aromatic rings. The molecule has 0 saturated heterocycles. The topological polar surface area (TPSA) is 39.2 Å². The summed E-state index contributed by atoms with van der Waals surface area (Å²) in [6.07, 6.45) is 0.810. The van der Waals surface area contributed by atoms with Crippen LogP contribution in [0.1, 0.15) is 16.1 Å². The van der Waals surface area contributed by atoms with Crippen molar-refractivity contribution in [1.29, 1.82) is 0 Å². The molecule has 1 aromatic heterocycles. The Morgan fingerprint density at radius 3 is 2.73 bits per heavy atom. The number of aldehydes is 1. The third-order valence-corrected chi connectivity index (χ3v) is 2.52. The summed E-state index contributed by atoms with van der Waals surface area (Å²) in [5, 5.41) is 1.94. The summed E-state index contributed by atoms with van der Waals surface area (Å²) in [6.45, 7) is 0.462. The zero-order valence-electron chi connectivity index (χ0n) is 7.92. The molecular formula is C11H9NO2S. The van der Waals surface area contributed by atoms with E-state index < -0.39 is 0 Å². The SMILES string of the molecule is O=Cc1ccc(OCc2cscn2)cc1. The van der Waals surface area contributed by atoms with E-state index in [0.717, 1.165) is 17.7 Å². The minimum absolute atomic E-state index is 0.462. The van der Waals surface area contributed by atoms with Gasteiger partial charge in [-0.3, -0.25) is 4.79 Å². The third-order valence-electron chi connectivity index (χ3n) is 1.89. The number of thiazole rings is 1. The van der Waals surface area contributed by atoms with Crippen LogP contribution in [0.5, 0.6) is 5.75 Å². The second-order valence-corrected chi connectivity index (χ2v) is 3.67.